The van der Waals surface area contributed by atoms with Crippen LogP contribution in [-0.4, -0.2) is 47.2 Å². The van der Waals surface area contributed by atoms with Crippen LogP contribution in [0.2, 0.25) is 0 Å². The van der Waals surface area contributed by atoms with E-state index in [0.717, 1.165) is 11.1 Å². The van der Waals surface area contributed by atoms with Gasteiger partial charge < -0.3 is 20.5 Å². The fraction of sp³-hybridized carbons (Fsp3) is 0.400. The molecule has 1 saturated heterocycles. The van der Waals surface area contributed by atoms with Gasteiger partial charge in [-0.15, -0.1) is 0 Å². The minimum absolute atomic E-state index is 0.0365. The van der Waals surface area contributed by atoms with Gasteiger partial charge in [0, 0.05) is 36.3 Å². The molecular weight excluding hydrogens is 330 g/mol. The van der Waals surface area contributed by atoms with Crippen LogP contribution >= 0.6 is 0 Å². The van der Waals surface area contributed by atoms with E-state index >= 15 is 0 Å². The van der Waals surface area contributed by atoms with E-state index in [1.807, 2.05) is 23.1 Å². The molecule has 1 spiro atoms. The number of fused-ring (bicyclic) bond motifs is 2. The Morgan fingerprint density at radius 3 is 2.77 bits per heavy atom. The molecule has 0 unspecified atom stereocenters. The van der Waals surface area contributed by atoms with E-state index in [0.29, 0.717) is 37.4 Å². The van der Waals surface area contributed by atoms with Crippen molar-refractivity contribution in [2.24, 2.45) is 5.73 Å². The van der Waals surface area contributed by atoms with E-state index in [-0.39, 0.29) is 17.4 Å². The Kier molecular flexibility index (Phi) is 4.17. The summed E-state index contributed by atoms with van der Waals surface area (Å²) in [5.41, 5.74) is 8.63. The number of methoxy groups -OCH3 is 1. The molecule has 0 bridgehead atoms. The van der Waals surface area contributed by atoms with Gasteiger partial charge in [0.25, 0.3) is 5.91 Å². The molecule has 2 aromatic rings. The Balaban J connectivity index is 1.55. The first-order valence-corrected chi connectivity index (χ1v) is 8.89. The van der Waals surface area contributed by atoms with Crippen LogP contribution in [0.1, 0.15) is 40.4 Å². The van der Waals surface area contributed by atoms with E-state index in [1.54, 1.807) is 18.3 Å². The third-order valence-electron chi connectivity index (χ3n) is 5.90. The molecular formula is C20H23N3O3. The number of amides is 1. The van der Waals surface area contributed by atoms with Gasteiger partial charge in [0.15, 0.2) is 0 Å². The third kappa shape index (κ3) is 2.48. The topological polar surface area (TPSA) is 88.7 Å². The molecule has 1 amide bonds. The van der Waals surface area contributed by atoms with E-state index in [1.165, 1.54) is 7.11 Å². The minimum atomic E-state index is -0.613. The van der Waals surface area contributed by atoms with E-state index in [2.05, 4.69) is 11.1 Å². The molecule has 2 aliphatic rings. The van der Waals surface area contributed by atoms with Gasteiger partial charge in [-0.2, -0.15) is 0 Å². The monoisotopic (exact) mass is 353 g/mol. The Hall–Kier alpha value is -2.44. The summed E-state index contributed by atoms with van der Waals surface area (Å²) >= 11 is 0. The summed E-state index contributed by atoms with van der Waals surface area (Å²) in [5.74, 6) is 0.390. The quantitative estimate of drug-likeness (QED) is 0.857. The number of likely N-dealkylation sites (tertiary alicyclic amines) is 1. The largest absolute Gasteiger partial charge is 0.481 e. The highest BCUT2D eigenvalue weighted by Crippen LogP contribution is 2.50. The third-order valence-corrected chi connectivity index (χ3v) is 5.90. The zero-order valence-corrected chi connectivity index (χ0v) is 14.8. The molecule has 1 aromatic heterocycles. The van der Waals surface area contributed by atoms with Crippen LogP contribution in [-0.2, 0) is 5.41 Å². The number of aromatic nitrogens is 1. The zero-order chi connectivity index (χ0) is 18.3. The maximum atomic E-state index is 12.8. The molecule has 1 aromatic carbocycles. The van der Waals surface area contributed by atoms with Crippen LogP contribution in [0.25, 0.3) is 0 Å². The number of pyridine rings is 1. The number of carbonyl (C=O) groups excluding carboxylic acids is 1. The van der Waals surface area contributed by atoms with Gasteiger partial charge in [-0.1, -0.05) is 24.3 Å². The summed E-state index contributed by atoms with van der Waals surface area (Å²) in [6.45, 7) is 1.17. The smallest absolute Gasteiger partial charge is 0.254 e. The van der Waals surface area contributed by atoms with Crippen LogP contribution in [0.3, 0.4) is 0 Å². The van der Waals surface area contributed by atoms with Crippen molar-refractivity contribution in [3.63, 3.8) is 0 Å². The van der Waals surface area contributed by atoms with Gasteiger partial charge >= 0.3 is 0 Å². The van der Waals surface area contributed by atoms with Gasteiger partial charge in [-0.3, -0.25) is 4.79 Å². The predicted molar refractivity (Wildman–Crippen MR) is 97.0 cm³/mol. The standard InChI is InChI=1S/C20H23N3O3/c1-26-16-12-13(6-9-22-16)19(25)23-10-7-20(8-11-23)15-5-3-2-4-14(15)17(21)18(20)24/h2-6,9,12,17-18,24H,7-8,10-11,21H2,1H3/t17-,18+/m1/s1. The SMILES string of the molecule is COc1cc(C(=O)N2CCC3(CC2)c2ccccc2[C@@H](N)[C@@H]3O)ccn1. The first kappa shape index (κ1) is 17.0. The summed E-state index contributed by atoms with van der Waals surface area (Å²) in [6, 6.07) is 11.0. The van der Waals surface area contributed by atoms with Crippen molar-refractivity contribution < 1.29 is 14.6 Å². The lowest BCUT2D eigenvalue weighted by atomic mass is 9.72. The molecule has 0 saturated carbocycles. The number of hydrogen-bond donors (Lipinski definition) is 2. The first-order chi connectivity index (χ1) is 12.6. The lowest BCUT2D eigenvalue weighted by Gasteiger charge is -2.42. The molecule has 2 heterocycles. The van der Waals surface area contributed by atoms with Crippen molar-refractivity contribution in [3.05, 3.63) is 59.3 Å². The van der Waals surface area contributed by atoms with Crippen LogP contribution < -0.4 is 10.5 Å². The molecule has 1 fully saturated rings. The molecule has 6 heteroatoms. The summed E-state index contributed by atoms with van der Waals surface area (Å²) in [5, 5.41) is 10.9. The molecule has 3 N–H and O–H groups in total. The van der Waals surface area contributed by atoms with E-state index in [4.69, 9.17) is 10.5 Å². The van der Waals surface area contributed by atoms with Crippen molar-refractivity contribution in [2.75, 3.05) is 20.2 Å². The molecule has 6 nitrogen and oxygen atoms in total. The molecule has 2 atom stereocenters. The van der Waals surface area contributed by atoms with Crippen molar-refractivity contribution >= 4 is 5.91 Å². The number of aliphatic hydroxyl groups is 1. The molecule has 136 valence electrons. The number of nitrogens with zero attached hydrogens (tertiary/aromatic N) is 2. The van der Waals surface area contributed by atoms with Gasteiger partial charge in [-0.25, -0.2) is 4.98 Å². The van der Waals surface area contributed by atoms with Crippen LogP contribution in [0.15, 0.2) is 42.6 Å². The summed E-state index contributed by atoms with van der Waals surface area (Å²) < 4.78 is 5.10. The molecule has 26 heavy (non-hydrogen) atoms. The maximum Gasteiger partial charge on any atom is 0.254 e. The zero-order valence-electron chi connectivity index (χ0n) is 14.8. The average Bonchev–Trinajstić information content (AvgIpc) is 2.91. The van der Waals surface area contributed by atoms with Crippen molar-refractivity contribution in [2.45, 2.75) is 30.4 Å². The van der Waals surface area contributed by atoms with Gasteiger partial charge in [-0.05, 0) is 30.0 Å². The Morgan fingerprint density at radius 1 is 1.31 bits per heavy atom. The van der Waals surface area contributed by atoms with Crippen molar-refractivity contribution in [3.8, 4) is 5.88 Å². The predicted octanol–water partition coefficient (Wildman–Crippen LogP) is 1.64. The first-order valence-electron chi connectivity index (χ1n) is 8.89. The van der Waals surface area contributed by atoms with Gasteiger partial charge in [0.2, 0.25) is 5.88 Å². The van der Waals surface area contributed by atoms with Crippen molar-refractivity contribution in [1.29, 1.82) is 0 Å². The van der Waals surface area contributed by atoms with Gasteiger partial charge in [0.1, 0.15) is 0 Å². The Bertz CT molecular complexity index is 831. The summed E-state index contributed by atoms with van der Waals surface area (Å²) in [4.78, 5) is 18.7. The molecule has 0 radical (unpaired) electrons. The number of nitrogens with two attached hydrogens (primary N) is 1. The number of benzene rings is 1. The number of carbonyl (C=O) groups is 1. The Morgan fingerprint density at radius 2 is 2.04 bits per heavy atom. The fourth-order valence-corrected chi connectivity index (χ4v) is 4.42. The minimum Gasteiger partial charge on any atom is -0.481 e. The summed E-state index contributed by atoms with van der Waals surface area (Å²) in [6.07, 6.45) is 2.37. The number of piperidine rings is 1. The summed E-state index contributed by atoms with van der Waals surface area (Å²) in [7, 11) is 1.53. The van der Waals surface area contributed by atoms with E-state index < -0.39 is 6.10 Å². The molecule has 1 aliphatic heterocycles. The highest BCUT2D eigenvalue weighted by atomic mass is 16.5. The molecule has 1 aliphatic carbocycles. The van der Waals surface area contributed by atoms with Crippen molar-refractivity contribution in [1.82, 2.24) is 9.88 Å². The van der Waals surface area contributed by atoms with E-state index in [9.17, 15) is 9.90 Å². The second-order valence-corrected chi connectivity index (χ2v) is 7.09. The second kappa shape index (κ2) is 6.37. The fourth-order valence-electron chi connectivity index (χ4n) is 4.42. The maximum absolute atomic E-state index is 12.8. The lowest BCUT2D eigenvalue weighted by molar-refractivity contribution is 0.0262. The van der Waals surface area contributed by atoms with Crippen LogP contribution in [0.5, 0.6) is 5.88 Å². The average molecular weight is 353 g/mol. The second-order valence-electron chi connectivity index (χ2n) is 7.09. The molecule has 4 rings (SSSR count). The normalized spacial score (nSPS) is 23.7. The van der Waals surface area contributed by atoms with Gasteiger partial charge in [0.05, 0.1) is 19.3 Å². The van der Waals surface area contributed by atoms with Crippen LogP contribution in [0.4, 0.5) is 0 Å². The number of ether oxygens (including phenoxy) is 1. The number of aliphatic hydroxyl groups excluding tert-OH is 1. The van der Waals surface area contributed by atoms with Crippen LogP contribution in [0, 0.1) is 0 Å². The highest BCUT2D eigenvalue weighted by molar-refractivity contribution is 5.94. The lowest BCUT2D eigenvalue weighted by Crippen LogP contribution is -2.50. The Labute approximate surface area is 152 Å². The number of rotatable bonds is 2. The number of hydrogen-bond acceptors (Lipinski definition) is 5. The highest BCUT2D eigenvalue weighted by Gasteiger charge is 2.51.